The smallest absolute Gasteiger partial charge is 0.396 e. The maximum Gasteiger partial charge on any atom is 0.396 e. The molecule has 0 fully saturated rings. The molecular formula is C13H7NO5S. The van der Waals surface area contributed by atoms with Crippen LogP contribution in [0.15, 0.2) is 45.7 Å². The Morgan fingerprint density at radius 3 is 2.85 bits per heavy atom. The van der Waals surface area contributed by atoms with Gasteiger partial charge in [-0.05, 0) is 18.2 Å². The molecule has 0 spiro atoms. The van der Waals surface area contributed by atoms with Crippen molar-refractivity contribution in [2.75, 3.05) is 0 Å². The molecule has 2 aromatic heterocycles. The molecule has 100 valence electrons. The molecule has 20 heavy (non-hydrogen) atoms. The highest BCUT2D eigenvalue weighted by Crippen LogP contribution is 2.25. The van der Waals surface area contributed by atoms with Crippen molar-refractivity contribution < 1.29 is 19.1 Å². The van der Waals surface area contributed by atoms with E-state index in [1.165, 1.54) is 18.3 Å². The molecular weight excluding hydrogens is 282 g/mol. The lowest BCUT2D eigenvalue weighted by molar-refractivity contribution is 0.0696. The van der Waals surface area contributed by atoms with Gasteiger partial charge in [-0.15, -0.1) is 0 Å². The van der Waals surface area contributed by atoms with E-state index < -0.39 is 5.97 Å². The fourth-order valence-corrected chi connectivity index (χ4v) is 2.25. The van der Waals surface area contributed by atoms with Crippen molar-refractivity contribution in [3.8, 4) is 11.6 Å². The predicted molar refractivity (Wildman–Crippen MR) is 71.6 cm³/mol. The van der Waals surface area contributed by atoms with Crippen LogP contribution in [0.25, 0.3) is 10.3 Å². The molecule has 0 aliphatic heterocycles. The van der Waals surface area contributed by atoms with Gasteiger partial charge in [0.25, 0.3) is 0 Å². The van der Waals surface area contributed by atoms with E-state index in [1.807, 2.05) is 0 Å². The van der Waals surface area contributed by atoms with E-state index in [-0.39, 0.29) is 16.4 Å². The summed E-state index contributed by atoms with van der Waals surface area (Å²) in [6.07, 6.45) is 1.21. The number of hydrogen-bond donors (Lipinski definition) is 1. The first-order chi connectivity index (χ1) is 9.61. The van der Waals surface area contributed by atoms with Gasteiger partial charge in [-0.25, -0.2) is 14.6 Å². The van der Waals surface area contributed by atoms with Crippen LogP contribution in [0, 0.1) is 0 Å². The number of hydrogen-bond acceptors (Lipinski definition) is 6. The third-order valence-electron chi connectivity index (χ3n) is 2.51. The van der Waals surface area contributed by atoms with Crippen LogP contribution in [-0.2, 0) is 0 Å². The molecule has 0 aliphatic rings. The minimum Gasteiger partial charge on any atom is -0.478 e. The second kappa shape index (κ2) is 4.78. The number of carboxylic acid groups (broad SMARTS) is 1. The Labute approximate surface area is 115 Å². The zero-order valence-corrected chi connectivity index (χ0v) is 10.7. The molecule has 0 radical (unpaired) electrons. The van der Waals surface area contributed by atoms with Gasteiger partial charge in [-0.2, -0.15) is 0 Å². The van der Waals surface area contributed by atoms with Gasteiger partial charge in [0.2, 0.25) is 5.88 Å². The number of aromatic nitrogens is 1. The Bertz CT molecular complexity index is 834. The summed E-state index contributed by atoms with van der Waals surface area (Å²) in [5.41, 5.74) is 0.524. The fraction of sp³-hybridized carbons (Fsp3) is 0. The molecule has 0 aliphatic carbocycles. The van der Waals surface area contributed by atoms with Crippen LogP contribution < -0.4 is 9.68 Å². The topological polar surface area (TPSA) is 89.6 Å². The number of ether oxygens (including phenoxy) is 1. The summed E-state index contributed by atoms with van der Waals surface area (Å²) in [6.45, 7) is 0. The maximum absolute atomic E-state index is 11.1. The van der Waals surface area contributed by atoms with Gasteiger partial charge in [0.1, 0.15) is 5.75 Å². The van der Waals surface area contributed by atoms with Gasteiger partial charge in [0.05, 0.1) is 10.3 Å². The van der Waals surface area contributed by atoms with Crippen molar-refractivity contribution in [3.05, 3.63) is 51.8 Å². The van der Waals surface area contributed by atoms with Crippen LogP contribution in [0.1, 0.15) is 10.4 Å². The SMILES string of the molecule is O=C(O)c1ccc(Oc2ccc3sc(=O)oc3c2)nc1. The molecule has 0 amide bonds. The number of pyridine rings is 1. The van der Waals surface area contributed by atoms with E-state index in [2.05, 4.69) is 4.98 Å². The lowest BCUT2D eigenvalue weighted by Crippen LogP contribution is -1.97. The van der Waals surface area contributed by atoms with Crippen LogP contribution >= 0.6 is 11.3 Å². The molecule has 7 heteroatoms. The summed E-state index contributed by atoms with van der Waals surface area (Å²) < 4.78 is 11.2. The molecule has 0 atom stereocenters. The van der Waals surface area contributed by atoms with Crippen molar-refractivity contribution in [1.29, 1.82) is 0 Å². The molecule has 0 unspecified atom stereocenters. The summed E-state index contributed by atoms with van der Waals surface area (Å²) in [4.78, 5) is 25.3. The second-order valence-electron chi connectivity index (χ2n) is 3.85. The largest absolute Gasteiger partial charge is 0.478 e. The number of nitrogens with zero attached hydrogens (tertiary/aromatic N) is 1. The zero-order chi connectivity index (χ0) is 14.1. The first-order valence-corrected chi connectivity index (χ1v) is 6.34. The number of carbonyl (C=O) groups is 1. The van der Waals surface area contributed by atoms with E-state index in [1.54, 1.807) is 18.2 Å². The van der Waals surface area contributed by atoms with Crippen molar-refractivity contribution in [2.24, 2.45) is 0 Å². The van der Waals surface area contributed by atoms with Crippen molar-refractivity contribution in [1.82, 2.24) is 4.98 Å². The van der Waals surface area contributed by atoms with Crippen molar-refractivity contribution >= 4 is 27.6 Å². The summed E-state index contributed by atoms with van der Waals surface area (Å²) >= 11 is 1.01. The predicted octanol–water partition coefficient (Wildman–Crippen LogP) is 2.74. The normalized spacial score (nSPS) is 10.6. The zero-order valence-electron chi connectivity index (χ0n) is 9.90. The third kappa shape index (κ3) is 2.39. The van der Waals surface area contributed by atoms with Gasteiger partial charge in [-0.1, -0.05) is 11.3 Å². The average Bonchev–Trinajstić information content (AvgIpc) is 2.78. The van der Waals surface area contributed by atoms with E-state index in [9.17, 15) is 9.59 Å². The lowest BCUT2D eigenvalue weighted by Gasteiger charge is -2.04. The maximum atomic E-state index is 11.1. The van der Waals surface area contributed by atoms with Gasteiger partial charge in [0.15, 0.2) is 5.58 Å². The third-order valence-corrected chi connectivity index (χ3v) is 3.31. The molecule has 0 saturated carbocycles. The summed E-state index contributed by atoms with van der Waals surface area (Å²) in [5, 5.41) is 8.76. The van der Waals surface area contributed by atoms with E-state index in [0.29, 0.717) is 11.3 Å². The Morgan fingerprint density at radius 1 is 1.30 bits per heavy atom. The molecule has 3 aromatic rings. The quantitative estimate of drug-likeness (QED) is 0.797. The number of benzene rings is 1. The number of rotatable bonds is 3. The van der Waals surface area contributed by atoms with E-state index >= 15 is 0 Å². The Balaban J connectivity index is 1.88. The van der Waals surface area contributed by atoms with Gasteiger partial charge < -0.3 is 14.3 Å². The van der Waals surface area contributed by atoms with Crippen LogP contribution in [0.3, 0.4) is 0 Å². The van der Waals surface area contributed by atoms with Crippen LogP contribution in [0.2, 0.25) is 0 Å². The minimum atomic E-state index is -1.05. The standard InChI is InChI=1S/C13H7NO5S/c15-12(16)7-1-4-11(14-6-7)18-8-2-3-10-9(5-8)19-13(17)20-10/h1-6H,(H,15,16). The Morgan fingerprint density at radius 2 is 2.15 bits per heavy atom. The van der Waals surface area contributed by atoms with Crippen LogP contribution in [0.4, 0.5) is 0 Å². The van der Waals surface area contributed by atoms with Gasteiger partial charge in [-0.3, -0.25) is 0 Å². The summed E-state index contributed by atoms with van der Waals surface area (Å²) in [6, 6.07) is 7.83. The monoisotopic (exact) mass is 289 g/mol. The summed E-state index contributed by atoms with van der Waals surface area (Å²) in [7, 11) is 0. The molecule has 2 heterocycles. The highest BCUT2D eigenvalue weighted by Gasteiger charge is 2.07. The van der Waals surface area contributed by atoms with Crippen molar-refractivity contribution in [3.63, 3.8) is 0 Å². The molecule has 0 saturated heterocycles. The molecule has 3 rings (SSSR count). The Hall–Kier alpha value is -2.67. The van der Waals surface area contributed by atoms with Crippen LogP contribution in [0.5, 0.6) is 11.6 Å². The molecule has 1 N–H and O–H groups in total. The molecule has 0 bridgehead atoms. The first kappa shape index (κ1) is 12.4. The lowest BCUT2D eigenvalue weighted by atomic mass is 10.3. The van der Waals surface area contributed by atoms with Crippen LogP contribution in [-0.4, -0.2) is 16.1 Å². The minimum absolute atomic E-state index is 0.0802. The number of fused-ring (bicyclic) bond motifs is 1. The van der Waals surface area contributed by atoms with Gasteiger partial charge in [0, 0.05) is 18.3 Å². The van der Waals surface area contributed by atoms with Crippen molar-refractivity contribution in [2.45, 2.75) is 0 Å². The van der Waals surface area contributed by atoms with Gasteiger partial charge >= 0.3 is 10.9 Å². The number of carboxylic acids is 1. The van der Waals surface area contributed by atoms with E-state index in [4.69, 9.17) is 14.3 Å². The highest BCUT2D eigenvalue weighted by atomic mass is 32.1. The Kier molecular flexibility index (Phi) is 2.96. The molecule has 6 nitrogen and oxygen atoms in total. The summed E-state index contributed by atoms with van der Waals surface area (Å²) in [5.74, 6) is -0.341. The highest BCUT2D eigenvalue weighted by molar-refractivity contribution is 7.16. The van der Waals surface area contributed by atoms with E-state index in [0.717, 1.165) is 16.0 Å². The second-order valence-corrected chi connectivity index (χ2v) is 4.83. The molecule has 1 aromatic carbocycles. The number of aromatic carboxylic acids is 1. The first-order valence-electron chi connectivity index (χ1n) is 5.53. The fourth-order valence-electron chi connectivity index (χ4n) is 1.60. The average molecular weight is 289 g/mol.